The largest absolute Gasteiger partial charge is 0.494 e. The van der Waals surface area contributed by atoms with E-state index in [2.05, 4.69) is 6.92 Å². The van der Waals surface area contributed by atoms with Gasteiger partial charge in [-0.15, -0.1) is 0 Å². The highest BCUT2D eigenvalue weighted by atomic mass is 16.5. The van der Waals surface area contributed by atoms with Crippen molar-refractivity contribution < 1.29 is 19.1 Å². The number of hydrogen-bond donors (Lipinski definition) is 0. The first kappa shape index (κ1) is 22.1. The summed E-state index contributed by atoms with van der Waals surface area (Å²) in [5.74, 6) is 0.144. The molecule has 2 aliphatic heterocycles. The third-order valence-electron chi connectivity index (χ3n) is 5.85. The molecule has 1 saturated heterocycles. The number of benzene rings is 2. The summed E-state index contributed by atoms with van der Waals surface area (Å²) >= 11 is 0. The van der Waals surface area contributed by atoms with Crippen molar-refractivity contribution in [1.29, 1.82) is 0 Å². The molecule has 2 amide bonds. The highest BCUT2D eigenvalue weighted by molar-refractivity contribution is 6.45. The van der Waals surface area contributed by atoms with Crippen LogP contribution in [0.3, 0.4) is 0 Å². The Hall–Kier alpha value is -3.12. The molecule has 0 spiro atoms. The summed E-state index contributed by atoms with van der Waals surface area (Å²) in [5.41, 5.74) is 3.33. The van der Waals surface area contributed by atoms with Gasteiger partial charge in [0, 0.05) is 13.1 Å². The molecule has 4 rings (SSSR count). The van der Waals surface area contributed by atoms with E-state index in [1.165, 1.54) is 4.90 Å². The quantitative estimate of drug-likeness (QED) is 0.642. The summed E-state index contributed by atoms with van der Waals surface area (Å²) in [5, 5.41) is 0. The Bertz CT molecular complexity index is 1020. The molecular weight excluding hydrogens is 404 g/mol. The van der Waals surface area contributed by atoms with Gasteiger partial charge in [-0.25, -0.2) is 4.90 Å². The van der Waals surface area contributed by atoms with Crippen LogP contribution in [-0.4, -0.2) is 48.6 Å². The molecule has 2 unspecified atom stereocenters. The lowest BCUT2D eigenvalue weighted by atomic mass is 10.0. The molecule has 2 aromatic rings. The molecule has 0 N–H and O–H groups in total. The van der Waals surface area contributed by atoms with E-state index >= 15 is 0 Å². The van der Waals surface area contributed by atoms with Crippen LogP contribution < -0.4 is 9.64 Å². The van der Waals surface area contributed by atoms with Gasteiger partial charge >= 0.3 is 0 Å². The number of ether oxygens (including phenoxy) is 2. The summed E-state index contributed by atoms with van der Waals surface area (Å²) in [7, 11) is 0. The second-order valence-electron chi connectivity index (χ2n) is 8.31. The fraction of sp³-hybridized carbons (Fsp3) is 0.385. The zero-order valence-corrected chi connectivity index (χ0v) is 19.1. The minimum atomic E-state index is -0.301. The maximum atomic E-state index is 13.7. The average molecular weight is 435 g/mol. The van der Waals surface area contributed by atoms with E-state index in [0.29, 0.717) is 42.2 Å². The van der Waals surface area contributed by atoms with Gasteiger partial charge in [0.2, 0.25) is 0 Å². The molecule has 2 atom stereocenters. The van der Waals surface area contributed by atoms with Crippen molar-refractivity contribution in [3.63, 3.8) is 0 Å². The van der Waals surface area contributed by atoms with Crippen LogP contribution in [-0.2, 0) is 20.7 Å². The predicted octanol–water partition coefficient (Wildman–Crippen LogP) is 4.04. The highest BCUT2D eigenvalue weighted by Crippen LogP contribution is 2.36. The Morgan fingerprint density at radius 2 is 1.53 bits per heavy atom. The number of imide groups is 1. The molecule has 0 radical (unpaired) electrons. The number of hydrogen-bond acceptors (Lipinski definition) is 5. The van der Waals surface area contributed by atoms with Crippen molar-refractivity contribution in [3.8, 4) is 5.75 Å². The van der Waals surface area contributed by atoms with Crippen LogP contribution in [0.15, 0.2) is 54.2 Å². The number of aryl methyl sites for hydroxylation is 1. The van der Waals surface area contributed by atoms with Crippen molar-refractivity contribution in [3.05, 3.63) is 65.4 Å². The first-order valence-electron chi connectivity index (χ1n) is 11.3. The van der Waals surface area contributed by atoms with Crippen LogP contribution in [0.4, 0.5) is 5.69 Å². The molecule has 1 fully saturated rings. The minimum Gasteiger partial charge on any atom is -0.494 e. The Morgan fingerprint density at radius 3 is 2.09 bits per heavy atom. The number of carbonyl (C=O) groups excluding carboxylic acids is 2. The van der Waals surface area contributed by atoms with Crippen LogP contribution in [0.5, 0.6) is 5.75 Å². The lowest BCUT2D eigenvalue weighted by Crippen LogP contribution is -2.47. The number of carbonyl (C=O) groups is 2. The monoisotopic (exact) mass is 434 g/mol. The van der Waals surface area contributed by atoms with E-state index < -0.39 is 0 Å². The molecule has 6 heteroatoms. The van der Waals surface area contributed by atoms with Crippen molar-refractivity contribution in [2.24, 2.45) is 0 Å². The van der Waals surface area contributed by atoms with Gasteiger partial charge in [0.05, 0.1) is 30.1 Å². The van der Waals surface area contributed by atoms with Crippen molar-refractivity contribution in [2.45, 2.75) is 46.3 Å². The lowest BCUT2D eigenvalue weighted by molar-refractivity contribution is -0.121. The van der Waals surface area contributed by atoms with Gasteiger partial charge in [-0.3, -0.25) is 9.59 Å². The number of amides is 2. The normalized spacial score (nSPS) is 21.5. The Labute approximate surface area is 189 Å². The summed E-state index contributed by atoms with van der Waals surface area (Å²) in [6.07, 6.45) is 0.828. The second kappa shape index (κ2) is 9.17. The van der Waals surface area contributed by atoms with Crippen LogP contribution in [0.2, 0.25) is 0 Å². The van der Waals surface area contributed by atoms with Crippen molar-refractivity contribution in [2.75, 3.05) is 24.6 Å². The van der Waals surface area contributed by atoms with Crippen LogP contribution in [0.25, 0.3) is 5.57 Å². The van der Waals surface area contributed by atoms with E-state index in [-0.39, 0.29) is 24.0 Å². The summed E-state index contributed by atoms with van der Waals surface area (Å²) in [6.45, 7) is 9.66. The second-order valence-corrected chi connectivity index (χ2v) is 8.31. The molecule has 6 nitrogen and oxygen atoms in total. The summed E-state index contributed by atoms with van der Waals surface area (Å²) in [4.78, 5) is 30.6. The van der Waals surface area contributed by atoms with E-state index in [1.54, 1.807) is 0 Å². The van der Waals surface area contributed by atoms with Gasteiger partial charge in [-0.2, -0.15) is 0 Å². The maximum Gasteiger partial charge on any atom is 0.282 e. The van der Waals surface area contributed by atoms with Crippen LogP contribution in [0, 0.1) is 0 Å². The van der Waals surface area contributed by atoms with E-state index in [1.807, 2.05) is 74.2 Å². The average Bonchev–Trinajstić information content (AvgIpc) is 3.04. The highest BCUT2D eigenvalue weighted by Gasteiger charge is 2.43. The summed E-state index contributed by atoms with van der Waals surface area (Å²) < 4.78 is 11.4. The number of morpholine rings is 1. The van der Waals surface area contributed by atoms with Gasteiger partial charge in [-0.05, 0) is 62.6 Å². The molecule has 2 aliphatic rings. The zero-order chi connectivity index (χ0) is 22.8. The fourth-order valence-electron chi connectivity index (χ4n) is 4.43. The van der Waals surface area contributed by atoms with E-state index in [9.17, 15) is 9.59 Å². The Balaban J connectivity index is 1.78. The molecule has 0 saturated carbocycles. The van der Waals surface area contributed by atoms with Crippen LogP contribution in [0.1, 0.15) is 38.8 Å². The third kappa shape index (κ3) is 4.15. The zero-order valence-electron chi connectivity index (χ0n) is 19.1. The summed E-state index contributed by atoms with van der Waals surface area (Å²) in [6, 6.07) is 15.0. The minimum absolute atomic E-state index is 0.0337. The third-order valence-corrected chi connectivity index (χ3v) is 5.85. The molecule has 168 valence electrons. The molecule has 0 bridgehead atoms. The molecule has 2 aromatic carbocycles. The SMILES string of the molecule is CCOc1ccc(C2=C(N3CC(C)OC(C)C3)C(=O)N(c3ccc(CC)cc3)C2=O)cc1. The van der Waals surface area contributed by atoms with Gasteiger partial charge in [0.1, 0.15) is 11.4 Å². The van der Waals surface area contributed by atoms with Crippen molar-refractivity contribution in [1.82, 2.24) is 4.90 Å². The molecule has 32 heavy (non-hydrogen) atoms. The van der Waals surface area contributed by atoms with E-state index in [0.717, 1.165) is 17.7 Å². The predicted molar refractivity (Wildman–Crippen MR) is 124 cm³/mol. The van der Waals surface area contributed by atoms with E-state index in [4.69, 9.17) is 9.47 Å². The standard InChI is InChI=1S/C26H30N2O4/c1-5-19-7-11-21(12-8-19)28-25(29)23(20-9-13-22(14-10-20)31-6-2)24(26(28)30)27-15-17(3)32-18(4)16-27/h7-14,17-18H,5-6,15-16H2,1-4H3. The van der Waals surface area contributed by atoms with Gasteiger partial charge in [0.25, 0.3) is 11.8 Å². The first-order valence-corrected chi connectivity index (χ1v) is 11.3. The smallest absolute Gasteiger partial charge is 0.282 e. The number of anilines is 1. The van der Waals surface area contributed by atoms with Gasteiger partial charge < -0.3 is 14.4 Å². The first-order chi connectivity index (χ1) is 15.4. The Morgan fingerprint density at radius 1 is 0.906 bits per heavy atom. The lowest BCUT2D eigenvalue weighted by Gasteiger charge is -2.37. The van der Waals surface area contributed by atoms with Gasteiger partial charge in [0.15, 0.2) is 0 Å². The molecule has 0 aliphatic carbocycles. The maximum absolute atomic E-state index is 13.7. The van der Waals surface area contributed by atoms with Crippen LogP contribution >= 0.6 is 0 Å². The van der Waals surface area contributed by atoms with Gasteiger partial charge in [-0.1, -0.05) is 31.2 Å². The molecule has 0 aromatic heterocycles. The number of nitrogens with zero attached hydrogens (tertiary/aromatic N) is 2. The topological polar surface area (TPSA) is 59.1 Å². The number of rotatable bonds is 6. The molecule has 2 heterocycles. The Kier molecular flexibility index (Phi) is 6.33. The van der Waals surface area contributed by atoms with Crippen molar-refractivity contribution >= 4 is 23.1 Å². The molecular formula is C26H30N2O4. The fourth-order valence-corrected chi connectivity index (χ4v) is 4.43.